The van der Waals surface area contributed by atoms with E-state index in [1.807, 2.05) is 54.6 Å². The van der Waals surface area contributed by atoms with Crippen LogP contribution in [0.1, 0.15) is 16.7 Å². The third-order valence-corrected chi connectivity index (χ3v) is 4.00. The smallest absolute Gasteiger partial charge is 0.209 e. The molecule has 3 rings (SSSR count). The molecule has 0 saturated carbocycles. The van der Waals surface area contributed by atoms with Crippen LogP contribution in [0, 0.1) is 11.3 Å². The Bertz CT molecular complexity index is 830. The first kappa shape index (κ1) is 14.4. The van der Waals surface area contributed by atoms with Gasteiger partial charge in [-0.25, -0.2) is 0 Å². The molecule has 0 amide bonds. The molecule has 22 heavy (non-hydrogen) atoms. The lowest BCUT2D eigenvalue weighted by Crippen LogP contribution is -1.93. The molecule has 2 N–H and O–H groups in total. The van der Waals surface area contributed by atoms with E-state index in [9.17, 15) is 5.26 Å². The Balaban J connectivity index is 2.09. The highest BCUT2D eigenvalue weighted by molar-refractivity contribution is 9.10. The summed E-state index contributed by atoms with van der Waals surface area (Å²) in [5.74, 6) is 0.839. The Morgan fingerprint density at radius 2 is 1.73 bits per heavy atom. The van der Waals surface area contributed by atoms with Crippen LogP contribution in [-0.4, -0.2) is 0 Å². The molecular weight excluding hydrogens is 340 g/mol. The van der Waals surface area contributed by atoms with Crippen LogP contribution >= 0.6 is 15.9 Å². The molecule has 1 aromatic heterocycles. The van der Waals surface area contributed by atoms with E-state index in [-0.39, 0.29) is 5.88 Å². The molecule has 108 valence electrons. The predicted octanol–water partition coefficient (Wildman–Crippen LogP) is 4.75. The normalized spacial score (nSPS) is 10.4. The van der Waals surface area contributed by atoms with Crippen LogP contribution in [0.15, 0.2) is 63.5 Å². The Hall–Kier alpha value is -2.51. The van der Waals surface area contributed by atoms with Crippen molar-refractivity contribution in [2.75, 3.05) is 5.73 Å². The average molecular weight is 353 g/mol. The summed E-state index contributed by atoms with van der Waals surface area (Å²) >= 11 is 3.42. The molecule has 0 atom stereocenters. The number of nitrogen functional groups attached to an aromatic ring is 1. The molecule has 3 aromatic rings. The number of nitrogens with zero attached hydrogens (tertiary/aromatic N) is 1. The van der Waals surface area contributed by atoms with Crippen LogP contribution in [0.4, 0.5) is 5.88 Å². The lowest BCUT2D eigenvalue weighted by molar-refractivity contribution is 0.599. The number of furan rings is 1. The summed E-state index contributed by atoms with van der Waals surface area (Å²) < 4.78 is 6.68. The van der Waals surface area contributed by atoms with Gasteiger partial charge in [0.25, 0.3) is 0 Å². The fraction of sp³-hybridized carbons (Fsp3) is 0.0556. The average Bonchev–Trinajstić information content (AvgIpc) is 2.86. The molecule has 0 aliphatic heterocycles. The van der Waals surface area contributed by atoms with Crippen molar-refractivity contribution >= 4 is 21.8 Å². The fourth-order valence-electron chi connectivity index (χ4n) is 2.41. The molecule has 2 aromatic carbocycles. The van der Waals surface area contributed by atoms with Gasteiger partial charge in [-0.15, -0.1) is 0 Å². The highest BCUT2D eigenvalue weighted by Crippen LogP contribution is 2.34. The lowest BCUT2D eigenvalue weighted by atomic mass is 9.98. The maximum atomic E-state index is 9.38. The maximum absolute atomic E-state index is 9.38. The molecule has 0 radical (unpaired) electrons. The molecule has 0 unspecified atom stereocenters. The summed E-state index contributed by atoms with van der Waals surface area (Å²) in [6, 6.07) is 19.9. The quantitative estimate of drug-likeness (QED) is 0.739. The maximum Gasteiger partial charge on any atom is 0.209 e. The molecule has 0 spiro atoms. The van der Waals surface area contributed by atoms with E-state index in [2.05, 4.69) is 22.0 Å². The number of hydrogen-bond acceptors (Lipinski definition) is 3. The van der Waals surface area contributed by atoms with Gasteiger partial charge in [0, 0.05) is 22.0 Å². The largest absolute Gasteiger partial charge is 0.439 e. The minimum Gasteiger partial charge on any atom is -0.439 e. The number of anilines is 1. The first-order valence-corrected chi connectivity index (χ1v) is 7.59. The second kappa shape index (κ2) is 6.08. The number of hydrogen-bond donors (Lipinski definition) is 1. The van der Waals surface area contributed by atoms with Crippen LogP contribution in [0.2, 0.25) is 0 Å². The predicted molar refractivity (Wildman–Crippen MR) is 90.2 cm³/mol. The van der Waals surface area contributed by atoms with Crippen molar-refractivity contribution in [2.45, 2.75) is 6.42 Å². The first-order chi connectivity index (χ1) is 10.7. The van der Waals surface area contributed by atoms with Crippen molar-refractivity contribution in [1.82, 2.24) is 0 Å². The molecule has 0 fully saturated rings. The third-order valence-electron chi connectivity index (χ3n) is 3.48. The number of rotatable bonds is 3. The van der Waals surface area contributed by atoms with Gasteiger partial charge in [0.2, 0.25) is 5.88 Å². The van der Waals surface area contributed by atoms with Gasteiger partial charge in [0.15, 0.2) is 0 Å². The van der Waals surface area contributed by atoms with Gasteiger partial charge >= 0.3 is 0 Å². The van der Waals surface area contributed by atoms with Crippen LogP contribution in [0.5, 0.6) is 0 Å². The topological polar surface area (TPSA) is 63.0 Å². The fourth-order valence-corrected chi connectivity index (χ4v) is 2.67. The van der Waals surface area contributed by atoms with Gasteiger partial charge in [-0.05, 0) is 17.7 Å². The molecule has 1 heterocycles. The van der Waals surface area contributed by atoms with E-state index in [0.717, 1.165) is 21.2 Å². The van der Waals surface area contributed by atoms with E-state index in [1.54, 1.807) is 0 Å². The Kier molecular flexibility index (Phi) is 3.99. The van der Waals surface area contributed by atoms with Gasteiger partial charge in [-0.1, -0.05) is 58.4 Å². The molecule has 0 aliphatic carbocycles. The Morgan fingerprint density at radius 3 is 2.36 bits per heavy atom. The van der Waals surface area contributed by atoms with Gasteiger partial charge < -0.3 is 10.2 Å². The highest BCUT2D eigenvalue weighted by atomic mass is 79.9. The second-order valence-electron chi connectivity index (χ2n) is 4.93. The number of benzene rings is 2. The van der Waals surface area contributed by atoms with Crippen LogP contribution < -0.4 is 5.73 Å². The summed E-state index contributed by atoms with van der Waals surface area (Å²) in [4.78, 5) is 0. The highest BCUT2D eigenvalue weighted by Gasteiger charge is 2.19. The van der Waals surface area contributed by atoms with Gasteiger partial charge in [0.05, 0.1) is 0 Å². The Labute approximate surface area is 137 Å². The summed E-state index contributed by atoms with van der Waals surface area (Å²) in [7, 11) is 0. The van der Waals surface area contributed by atoms with E-state index >= 15 is 0 Å². The van der Waals surface area contributed by atoms with E-state index < -0.39 is 0 Å². The number of halogens is 1. The summed E-state index contributed by atoms with van der Waals surface area (Å²) in [6.45, 7) is 0. The first-order valence-electron chi connectivity index (χ1n) is 6.80. The van der Waals surface area contributed by atoms with Crippen molar-refractivity contribution in [2.24, 2.45) is 0 Å². The Morgan fingerprint density at radius 1 is 1.05 bits per heavy atom. The summed E-state index contributed by atoms with van der Waals surface area (Å²) in [5.41, 5.74) is 9.13. The van der Waals surface area contributed by atoms with Gasteiger partial charge in [-0.2, -0.15) is 5.26 Å². The lowest BCUT2D eigenvalue weighted by Gasteiger charge is -2.04. The second-order valence-corrected chi connectivity index (χ2v) is 5.85. The van der Waals surface area contributed by atoms with E-state index in [4.69, 9.17) is 10.2 Å². The van der Waals surface area contributed by atoms with Crippen LogP contribution in [0.3, 0.4) is 0 Å². The van der Waals surface area contributed by atoms with Crippen LogP contribution in [-0.2, 0) is 6.42 Å². The van der Waals surface area contributed by atoms with Crippen molar-refractivity contribution in [3.63, 3.8) is 0 Å². The number of nitriles is 1. The van der Waals surface area contributed by atoms with Gasteiger partial charge in [0.1, 0.15) is 17.4 Å². The van der Waals surface area contributed by atoms with Crippen molar-refractivity contribution in [3.8, 4) is 17.4 Å². The minimum absolute atomic E-state index is 0.175. The molecule has 4 heteroatoms. The molecule has 0 aliphatic rings. The SMILES string of the molecule is N#Cc1c(N)oc(-c2ccccc2)c1Cc1ccc(Br)cc1. The molecule has 0 bridgehead atoms. The molecule has 0 saturated heterocycles. The summed E-state index contributed by atoms with van der Waals surface area (Å²) in [6.07, 6.45) is 0.598. The minimum atomic E-state index is 0.175. The third kappa shape index (κ3) is 2.76. The van der Waals surface area contributed by atoms with Crippen LogP contribution in [0.25, 0.3) is 11.3 Å². The van der Waals surface area contributed by atoms with Crippen molar-refractivity contribution < 1.29 is 4.42 Å². The van der Waals surface area contributed by atoms with E-state index in [1.165, 1.54) is 0 Å². The molecular formula is C18H13BrN2O. The summed E-state index contributed by atoms with van der Waals surface area (Å²) in [5, 5.41) is 9.38. The number of nitrogens with two attached hydrogens (primary N) is 1. The van der Waals surface area contributed by atoms with E-state index in [0.29, 0.717) is 17.7 Å². The zero-order chi connectivity index (χ0) is 15.5. The zero-order valence-corrected chi connectivity index (χ0v) is 13.3. The zero-order valence-electron chi connectivity index (χ0n) is 11.7. The van der Waals surface area contributed by atoms with Crippen molar-refractivity contribution in [3.05, 3.63) is 75.8 Å². The van der Waals surface area contributed by atoms with Gasteiger partial charge in [-0.3, -0.25) is 0 Å². The molecule has 3 nitrogen and oxygen atoms in total. The standard InChI is InChI=1S/C18H13BrN2O/c19-14-8-6-12(7-9-14)10-15-16(11-20)18(21)22-17(15)13-4-2-1-3-5-13/h1-9H,10,21H2. The van der Waals surface area contributed by atoms with Crippen molar-refractivity contribution in [1.29, 1.82) is 5.26 Å². The monoisotopic (exact) mass is 352 g/mol.